The molecule has 1 saturated heterocycles. The van der Waals surface area contributed by atoms with E-state index < -0.39 is 28.4 Å². The molecule has 2 aliphatic heterocycles. The van der Waals surface area contributed by atoms with Crippen LogP contribution in [-0.4, -0.2) is 55.9 Å². The lowest BCUT2D eigenvalue weighted by molar-refractivity contribution is -0.137. The van der Waals surface area contributed by atoms with Gasteiger partial charge in [-0.2, -0.15) is 4.31 Å². The molecule has 3 rings (SSSR count). The van der Waals surface area contributed by atoms with Crippen LogP contribution in [0.25, 0.3) is 0 Å². The second-order valence-electron chi connectivity index (χ2n) is 5.40. The molecule has 1 aromatic carbocycles. The van der Waals surface area contributed by atoms with E-state index in [1.54, 1.807) is 0 Å². The van der Waals surface area contributed by atoms with E-state index in [4.69, 9.17) is 9.84 Å². The lowest BCUT2D eigenvalue weighted by Gasteiger charge is -2.28. The van der Waals surface area contributed by atoms with Crippen molar-refractivity contribution in [1.29, 1.82) is 0 Å². The molecular formula is C14H16N2O6S. The fourth-order valence-corrected chi connectivity index (χ4v) is 4.27. The molecule has 0 spiro atoms. The highest BCUT2D eigenvalue weighted by Gasteiger charge is 2.32. The molecule has 1 amide bonds. The molecule has 0 atom stereocenters. The van der Waals surface area contributed by atoms with Crippen LogP contribution in [0, 0.1) is 0 Å². The first-order chi connectivity index (χ1) is 10.9. The minimum Gasteiger partial charge on any atom is -0.482 e. The summed E-state index contributed by atoms with van der Waals surface area (Å²) < 4.78 is 31.8. The van der Waals surface area contributed by atoms with Crippen LogP contribution in [0.3, 0.4) is 0 Å². The van der Waals surface area contributed by atoms with Crippen LogP contribution in [0.1, 0.15) is 12.8 Å². The number of carbonyl (C=O) groups is 2. The van der Waals surface area contributed by atoms with Crippen molar-refractivity contribution in [2.45, 2.75) is 17.7 Å². The third-order valence-electron chi connectivity index (χ3n) is 3.87. The van der Waals surface area contributed by atoms with Crippen molar-refractivity contribution in [3.63, 3.8) is 0 Å². The number of nitrogens with zero attached hydrogens (tertiary/aromatic N) is 2. The second-order valence-corrected chi connectivity index (χ2v) is 7.34. The van der Waals surface area contributed by atoms with Crippen molar-refractivity contribution < 1.29 is 27.9 Å². The minimum atomic E-state index is -3.65. The molecule has 2 heterocycles. The van der Waals surface area contributed by atoms with Gasteiger partial charge in [-0.3, -0.25) is 14.5 Å². The Balaban J connectivity index is 2.01. The average Bonchev–Trinajstić information content (AvgIpc) is 3.04. The third kappa shape index (κ3) is 2.89. The fourth-order valence-electron chi connectivity index (χ4n) is 2.73. The Morgan fingerprint density at radius 1 is 1.26 bits per heavy atom. The highest BCUT2D eigenvalue weighted by atomic mass is 32.2. The predicted octanol–water partition coefficient (Wildman–Crippen LogP) is 0.281. The number of hydrogen-bond acceptors (Lipinski definition) is 5. The maximum absolute atomic E-state index is 12.6. The first kappa shape index (κ1) is 15.8. The van der Waals surface area contributed by atoms with Crippen molar-refractivity contribution in [1.82, 2.24) is 4.31 Å². The molecule has 0 aromatic heterocycles. The first-order valence-electron chi connectivity index (χ1n) is 7.19. The number of carbonyl (C=O) groups excluding carboxylic acids is 1. The Morgan fingerprint density at radius 2 is 1.96 bits per heavy atom. The van der Waals surface area contributed by atoms with E-state index in [9.17, 15) is 18.0 Å². The monoisotopic (exact) mass is 340 g/mol. The molecule has 1 fully saturated rings. The van der Waals surface area contributed by atoms with Crippen LogP contribution in [0.4, 0.5) is 5.69 Å². The molecule has 0 saturated carbocycles. The molecule has 0 bridgehead atoms. The lowest BCUT2D eigenvalue weighted by atomic mass is 10.2. The Labute approximate surface area is 133 Å². The van der Waals surface area contributed by atoms with Gasteiger partial charge in [-0.25, -0.2) is 8.42 Å². The van der Waals surface area contributed by atoms with Gasteiger partial charge in [0.25, 0.3) is 5.91 Å². The van der Waals surface area contributed by atoms with Gasteiger partial charge in [-0.1, -0.05) is 0 Å². The van der Waals surface area contributed by atoms with Crippen LogP contribution in [-0.2, 0) is 19.6 Å². The number of ether oxygens (including phenoxy) is 1. The van der Waals surface area contributed by atoms with Crippen molar-refractivity contribution in [2.75, 3.05) is 31.1 Å². The van der Waals surface area contributed by atoms with Gasteiger partial charge in [0.15, 0.2) is 6.61 Å². The molecule has 0 unspecified atom stereocenters. The van der Waals surface area contributed by atoms with Crippen LogP contribution in [0.2, 0.25) is 0 Å². The number of hydrogen-bond donors (Lipinski definition) is 1. The Kier molecular flexibility index (Phi) is 3.99. The summed E-state index contributed by atoms with van der Waals surface area (Å²) in [6.07, 6.45) is 1.63. The van der Waals surface area contributed by atoms with Crippen LogP contribution < -0.4 is 9.64 Å². The number of sulfonamides is 1. The average molecular weight is 340 g/mol. The van der Waals surface area contributed by atoms with E-state index >= 15 is 0 Å². The Morgan fingerprint density at radius 3 is 2.61 bits per heavy atom. The Bertz CT molecular complexity index is 755. The van der Waals surface area contributed by atoms with Crippen LogP contribution in [0.5, 0.6) is 5.75 Å². The minimum absolute atomic E-state index is 0.0341. The van der Waals surface area contributed by atoms with Gasteiger partial charge < -0.3 is 9.84 Å². The fraction of sp³-hybridized carbons (Fsp3) is 0.429. The predicted molar refractivity (Wildman–Crippen MR) is 79.9 cm³/mol. The van der Waals surface area contributed by atoms with Gasteiger partial charge in [0.1, 0.15) is 12.3 Å². The van der Waals surface area contributed by atoms with Gasteiger partial charge in [-0.15, -0.1) is 0 Å². The maximum Gasteiger partial charge on any atom is 0.323 e. The molecule has 2 aliphatic rings. The molecule has 124 valence electrons. The van der Waals surface area contributed by atoms with Crippen molar-refractivity contribution >= 4 is 27.6 Å². The summed E-state index contributed by atoms with van der Waals surface area (Å²) in [5, 5.41) is 8.95. The zero-order valence-corrected chi connectivity index (χ0v) is 13.1. The summed E-state index contributed by atoms with van der Waals surface area (Å²) in [7, 11) is -3.65. The first-order valence-corrected chi connectivity index (χ1v) is 8.63. The molecule has 9 heteroatoms. The van der Waals surface area contributed by atoms with Gasteiger partial charge in [-0.05, 0) is 31.0 Å². The summed E-state index contributed by atoms with van der Waals surface area (Å²) >= 11 is 0. The van der Waals surface area contributed by atoms with Gasteiger partial charge in [0, 0.05) is 13.1 Å². The van der Waals surface area contributed by atoms with Crippen LogP contribution >= 0.6 is 0 Å². The number of rotatable bonds is 4. The highest BCUT2D eigenvalue weighted by molar-refractivity contribution is 7.89. The highest BCUT2D eigenvalue weighted by Crippen LogP contribution is 2.35. The van der Waals surface area contributed by atoms with E-state index in [2.05, 4.69) is 0 Å². The lowest BCUT2D eigenvalue weighted by Crippen LogP contribution is -2.42. The normalized spacial score (nSPS) is 18.6. The van der Waals surface area contributed by atoms with Crippen molar-refractivity contribution in [3.05, 3.63) is 18.2 Å². The van der Waals surface area contributed by atoms with E-state index in [0.29, 0.717) is 18.8 Å². The SMILES string of the molecule is O=C(O)CN1C(=O)COc2ccc(S(=O)(=O)N3CCCC3)cc21. The van der Waals surface area contributed by atoms with E-state index in [0.717, 1.165) is 17.7 Å². The summed E-state index contributed by atoms with van der Waals surface area (Å²) in [5.41, 5.74) is 0.170. The quantitative estimate of drug-likeness (QED) is 0.844. The van der Waals surface area contributed by atoms with E-state index in [1.165, 1.54) is 22.5 Å². The number of aliphatic carboxylic acids is 1. The topological polar surface area (TPSA) is 104 Å². The number of carboxylic acids is 1. The number of anilines is 1. The van der Waals surface area contributed by atoms with Crippen LogP contribution in [0.15, 0.2) is 23.1 Å². The molecular weight excluding hydrogens is 324 g/mol. The molecule has 0 radical (unpaired) electrons. The molecule has 8 nitrogen and oxygen atoms in total. The molecule has 1 aromatic rings. The summed E-state index contributed by atoms with van der Waals surface area (Å²) in [6, 6.07) is 4.18. The molecule has 1 N–H and O–H groups in total. The zero-order chi connectivity index (χ0) is 16.6. The summed E-state index contributed by atoms with van der Waals surface area (Å²) in [6.45, 7) is 0.127. The van der Waals surface area contributed by atoms with E-state index in [-0.39, 0.29) is 17.2 Å². The number of benzene rings is 1. The van der Waals surface area contributed by atoms with Gasteiger partial charge in [0.05, 0.1) is 10.6 Å². The second kappa shape index (κ2) is 5.82. The van der Waals surface area contributed by atoms with Crippen molar-refractivity contribution in [2.24, 2.45) is 0 Å². The number of amides is 1. The van der Waals surface area contributed by atoms with Gasteiger partial charge >= 0.3 is 5.97 Å². The maximum atomic E-state index is 12.6. The molecule has 23 heavy (non-hydrogen) atoms. The van der Waals surface area contributed by atoms with E-state index in [1.807, 2.05) is 0 Å². The zero-order valence-electron chi connectivity index (χ0n) is 12.3. The Hall–Kier alpha value is -2.13. The largest absolute Gasteiger partial charge is 0.482 e. The standard InChI is InChI=1S/C14H16N2O6S/c17-13-9-22-12-4-3-10(7-11(12)16(13)8-14(18)19)23(20,21)15-5-1-2-6-15/h3-4,7H,1-2,5-6,8-9H2,(H,18,19). The summed E-state index contributed by atoms with van der Waals surface area (Å²) in [4.78, 5) is 23.9. The number of carboxylic acid groups (broad SMARTS) is 1. The molecule has 0 aliphatic carbocycles. The number of fused-ring (bicyclic) bond motifs is 1. The summed E-state index contributed by atoms with van der Waals surface area (Å²) in [5.74, 6) is -1.40. The smallest absolute Gasteiger partial charge is 0.323 e. The van der Waals surface area contributed by atoms with Gasteiger partial charge in [0.2, 0.25) is 10.0 Å². The van der Waals surface area contributed by atoms with Crippen molar-refractivity contribution in [3.8, 4) is 5.75 Å². The third-order valence-corrected chi connectivity index (χ3v) is 5.76.